The van der Waals surface area contributed by atoms with Crippen molar-refractivity contribution in [3.8, 4) is 6.01 Å². The fourth-order valence-corrected chi connectivity index (χ4v) is 1.01. The van der Waals surface area contributed by atoms with Crippen LogP contribution in [0.25, 0.3) is 0 Å². The largest absolute Gasteiger partial charge is 0.461 e. The molecule has 0 fully saturated rings. The van der Waals surface area contributed by atoms with Gasteiger partial charge in [0.2, 0.25) is 0 Å². The molecule has 0 saturated heterocycles. The second-order valence-electron chi connectivity index (χ2n) is 3.99. The minimum atomic E-state index is -0.590. The topological polar surface area (TPSA) is 93.6 Å². The molecule has 18 heavy (non-hydrogen) atoms. The number of nitrogens with zero attached hydrogens (tertiary/aromatic N) is 2. The van der Waals surface area contributed by atoms with Crippen LogP contribution in [-0.2, 0) is 4.74 Å². The quantitative estimate of drug-likeness (QED) is 0.821. The van der Waals surface area contributed by atoms with E-state index in [2.05, 4.69) is 15.3 Å². The number of hydrogen-bond acceptors (Lipinski definition) is 6. The number of hydrogen-bond donors (Lipinski definition) is 2. The third kappa shape index (κ3) is 5.44. The number of carbonyl (C=O) groups excluding carboxylic acids is 1. The molecule has 2 N–H and O–H groups in total. The van der Waals surface area contributed by atoms with Crippen molar-refractivity contribution >= 4 is 11.8 Å². The monoisotopic (exact) mass is 255 g/mol. The molecule has 7 nitrogen and oxygen atoms in total. The zero-order chi connectivity index (χ0) is 13.5. The maximum atomic E-state index is 11.3. The van der Waals surface area contributed by atoms with Gasteiger partial charge in [-0.05, 0) is 20.8 Å². The molecule has 1 aromatic rings. The fraction of sp³-hybridized carbons (Fsp3) is 0.545. The number of aliphatic hydroxyl groups is 1. The second-order valence-corrected chi connectivity index (χ2v) is 3.99. The number of ether oxygens (including phenoxy) is 2. The van der Waals surface area contributed by atoms with Gasteiger partial charge in [0.15, 0.2) is 0 Å². The lowest BCUT2D eigenvalue weighted by Gasteiger charge is -2.09. The average molecular weight is 255 g/mol. The number of carbonyl (C=O) groups is 1. The first-order chi connectivity index (χ1) is 8.47. The molecular weight excluding hydrogens is 238 g/mol. The Balaban J connectivity index is 2.47. The van der Waals surface area contributed by atoms with Gasteiger partial charge in [0.05, 0.1) is 30.3 Å². The van der Waals surface area contributed by atoms with Crippen LogP contribution in [0.3, 0.4) is 0 Å². The molecule has 7 heteroatoms. The SMILES string of the molecule is CC(C)OC(=O)Nc1cnc(OC[C@H](C)O)nc1. The van der Waals surface area contributed by atoms with E-state index in [1.54, 1.807) is 20.8 Å². The molecule has 0 aliphatic carbocycles. The third-order valence-corrected chi connectivity index (χ3v) is 1.67. The Morgan fingerprint density at radius 2 is 2.00 bits per heavy atom. The molecule has 1 rings (SSSR count). The summed E-state index contributed by atoms with van der Waals surface area (Å²) >= 11 is 0. The molecule has 1 aromatic heterocycles. The van der Waals surface area contributed by atoms with Crippen molar-refractivity contribution in [1.82, 2.24) is 9.97 Å². The third-order valence-electron chi connectivity index (χ3n) is 1.67. The standard InChI is InChI=1S/C11H17N3O4/c1-7(2)18-11(16)14-9-4-12-10(13-5-9)17-6-8(3)15/h4-5,7-8,15H,6H2,1-3H3,(H,14,16)/t8-/m0/s1. The Morgan fingerprint density at radius 1 is 1.39 bits per heavy atom. The van der Waals surface area contributed by atoms with Crippen LogP contribution in [0.4, 0.5) is 10.5 Å². The first kappa shape index (κ1) is 14.2. The summed E-state index contributed by atoms with van der Waals surface area (Å²) in [6.45, 7) is 5.21. The van der Waals surface area contributed by atoms with Gasteiger partial charge in [-0.1, -0.05) is 0 Å². The molecule has 0 aromatic carbocycles. The summed E-state index contributed by atoms with van der Waals surface area (Å²) in [4.78, 5) is 19.0. The van der Waals surface area contributed by atoms with Crippen molar-refractivity contribution in [2.75, 3.05) is 11.9 Å². The molecular formula is C11H17N3O4. The molecule has 100 valence electrons. The first-order valence-corrected chi connectivity index (χ1v) is 5.58. The van der Waals surface area contributed by atoms with Crippen LogP contribution >= 0.6 is 0 Å². The van der Waals surface area contributed by atoms with E-state index in [-0.39, 0.29) is 18.7 Å². The molecule has 1 heterocycles. The zero-order valence-corrected chi connectivity index (χ0v) is 10.6. The van der Waals surface area contributed by atoms with E-state index in [0.717, 1.165) is 0 Å². The number of aromatic nitrogens is 2. The zero-order valence-electron chi connectivity index (χ0n) is 10.6. The van der Waals surface area contributed by atoms with Gasteiger partial charge in [0, 0.05) is 0 Å². The lowest BCUT2D eigenvalue weighted by molar-refractivity contribution is 0.116. The maximum Gasteiger partial charge on any atom is 0.411 e. The number of rotatable bonds is 5. The highest BCUT2D eigenvalue weighted by Crippen LogP contribution is 2.08. The lowest BCUT2D eigenvalue weighted by atomic mass is 10.4. The fourth-order valence-electron chi connectivity index (χ4n) is 1.01. The van der Waals surface area contributed by atoms with Crippen LogP contribution in [0.1, 0.15) is 20.8 Å². The molecule has 0 aliphatic heterocycles. The Hall–Kier alpha value is -1.89. The summed E-state index contributed by atoms with van der Waals surface area (Å²) in [7, 11) is 0. The highest BCUT2D eigenvalue weighted by Gasteiger charge is 2.07. The highest BCUT2D eigenvalue weighted by atomic mass is 16.6. The Labute approximate surface area is 105 Å². The Kier molecular flexibility index (Phi) is 5.31. The van der Waals surface area contributed by atoms with Crippen molar-refractivity contribution in [3.63, 3.8) is 0 Å². The summed E-state index contributed by atoms with van der Waals surface area (Å²) in [5.41, 5.74) is 0.407. The predicted molar refractivity (Wildman–Crippen MR) is 64.4 cm³/mol. The van der Waals surface area contributed by atoms with Crippen LogP contribution in [0.5, 0.6) is 6.01 Å². The van der Waals surface area contributed by atoms with Gasteiger partial charge in [0.25, 0.3) is 0 Å². The van der Waals surface area contributed by atoms with E-state index in [1.807, 2.05) is 0 Å². The van der Waals surface area contributed by atoms with E-state index >= 15 is 0 Å². The van der Waals surface area contributed by atoms with E-state index in [9.17, 15) is 4.79 Å². The molecule has 0 unspecified atom stereocenters. The Bertz CT molecular complexity index is 378. The molecule has 0 radical (unpaired) electrons. The van der Waals surface area contributed by atoms with Crippen LogP contribution in [0.15, 0.2) is 12.4 Å². The van der Waals surface area contributed by atoms with Gasteiger partial charge >= 0.3 is 12.1 Å². The van der Waals surface area contributed by atoms with Gasteiger partial charge in [-0.3, -0.25) is 5.32 Å². The van der Waals surface area contributed by atoms with Crippen molar-refractivity contribution < 1.29 is 19.4 Å². The summed E-state index contributed by atoms with van der Waals surface area (Å²) in [5.74, 6) is 0. The van der Waals surface area contributed by atoms with Gasteiger partial charge in [-0.15, -0.1) is 0 Å². The van der Waals surface area contributed by atoms with E-state index < -0.39 is 12.2 Å². The van der Waals surface area contributed by atoms with Crippen LogP contribution in [0.2, 0.25) is 0 Å². The van der Waals surface area contributed by atoms with E-state index in [0.29, 0.717) is 5.69 Å². The van der Waals surface area contributed by atoms with Crippen LogP contribution in [-0.4, -0.2) is 40.0 Å². The van der Waals surface area contributed by atoms with Gasteiger partial charge < -0.3 is 14.6 Å². The minimum absolute atomic E-state index is 0.113. The van der Waals surface area contributed by atoms with Gasteiger partial charge in [-0.25, -0.2) is 14.8 Å². The normalized spacial score (nSPS) is 12.1. The number of anilines is 1. The highest BCUT2D eigenvalue weighted by molar-refractivity contribution is 5.84. The molecule has 0 aliphatic rings. The lowest BCUT2D eigenvalue weighted by Crippen LogP contribution is -2.18. The smallest absolute Gasteiger partial charge is 0.411 e. The second kappa shape index (κ2) is 6.75. The summed E-state index contributed by atoms with van der Waals surface area (Å²) in [5, 5.41) is 11.5. The molecule has 1 amide bonds. The number of nitrogens with one attached hydrogen (secondary N) is 1. The maximum absolute atomic E-state index is 11.3. The number of aliphatic hydroxyl groups excluding tert-OH is 1. The minimum Gasteiger partial charge on any atom is -0.461 e. The van der Waals surface area contributed by atoms with Crippen LogP contribution in [0, 0.1) is 0 Å². The predicted octanol–water partition coefficient (Wildman–Crippen LogP) is 1.19. The molecule has 0 saturated carbocycles. The van der Waals surface area contributed by atoms with E-state index in [1.165, 1.54) is 12.4 Å². The average Bonchev–Trinajstić information content (AvgIpc) is 2.26. The molecule has 0 spiro atoms. The molecule has 1 atom stereocenters. The summed E-state index contributed by atoms with van der Waals surface area (Å²) < 4.78 is 9.97. The van der Waals surface area contributed by atoms with Gasteiger partial charge in [-0.2, -0.15) is 0 Å². The Morgan fingerprint density at radius 3 is 2.50 bits per heavy atom. The van der Waals surface area contributed by atoms with Crippen molar-refractivity contribution in [2.24, 2.45) is 0 Å². The van der Waals surface area contributed by atoms with Crippen LogP contribution < -0.4 is 10.1 Å². The first-order valence-electron chi connectivity index (χ1n) is 5.58. The van der Waals surface area contributed by atoms with Crippen molar-refractivity contribution in [2.45, 2.75) is 33.0 Å². The van der Waals surface area contributed by atoms with E-state index in [4.69, 9.17) is 14.6 Å². The van der Waals surface area contributed by atoms with Gasteiger partial charge in [0.1, 0.15) is 6.61 Å². The van der Waals surface area contributed by atoms with Crippen molar-refractivity contribution in [3.05, 3.63) is 12.4 Å². The summed E-state index contributed by atoms with van der Waals surface area (Å²) in [6, 6.07) is 0.138. The number of amides is 1. The van der Waals surface area contributed by atoms with Crippen molar-refractivity contribution in [1.29, 1.82) is 0 Å². The summed E-state index contributed by atoms with van der Waals surface area (Å²) in [6.07, 6.45) is 1.44. The molecule has 0 bridgehead atoms.